The summed E-state index contributed by atoms with van der Waals surface area (Å²) in [6, 6.07) is 11.0. The van der Waals surface area contributed by atoms with Gasteiger partial charge in [0.05, 0.1) is 14.2 Å². The number of carbonyl (C=O) groups excluding carboxylic acids is 2. The van der Waals surface area contributed by atoms with E-state index in [1.165, 1.54) is 20.3 Å². The van der Waals surface area contributed by atoms with Gasteiger partial charge in [-0.05, 0) is 30.2 Å². The highest BCUT2D eigenvalue weighted by Crippen LogP contribution is 2.29. The van der Waals surface area contributed by atoms with Crippen molar-refractivity contribution in [3.05, 3.63) is 53.8 Å². The number of rotatable bonds is 6. The third kappa shape index (κ3) is 4.94. The van der Waals surface area contributed by atoms with Gasteiger partial charge in [0, 0.05) is 18.3 Å². The van der Waals surface area contributed by atoms with Crippen molar-refractivity contribution in [3.63, 3.8) is 0 Å². The first-order valence-electron chi connectivity index (χ1n) is 7.59. The van der Waals surface area contributed by atoms with E-state index in [4.69, 9.17) is 9.47 Å². The van der Waals surface area contributed by atoms with E-state index < -0.39 is 11.8 Å². The first kappa shape index (κ1) is 18.3. The Morgan fingerprint density at radius 1 is 1.00 bits per heavy atom. The van der Waals surface area contributed by atoms with Crippen LogP contribution < -0.4 is 20.1 Å². The van der Waals surface area contributed by atoms with Crippen molar-refractivity contribution in [2.24, 2.45) is 0 Å². The van der Waals surface area contributed by atoms with Crippen LogP contribution in [0.1, 0.15) is 5.56 Å². The molecule has 25 heavy (non-hydrogen) atoms. The summed E-state index contributed by atoms with van der Waals surface area (Å²) in [6.45, 7) is 0.152. The molecular weight excluding hydrogens is 327 g/mol. The van der Waals surface area contributed by atoms with Gasteiger partial charge in [0.15, 0.2) is 11.5 Å². The number of nitrogens with one attached hydrogen (secondary N) is 2. The normalized spacial score (nSPS) is 10.0. The van der Waals surface area contributed by atoms with Crippen LogP contribution in [0.25, 0.3) is 0 Å². The van der Waals surface area contributed by atoms with Crippen molar-refractivity contribution in [1.29, 1.82) is 0 Å². The maximum absolute atomic E-state index is 13.5. The maximum atomic E-state index is 13.5. The highest BCUT2D eigenvalue weighted by molar-refractivity contribution is 6.39. The summed E-state index contributed by atoms with van der Waals surface area (Å²) in [5.41, 5.74) is 0.870. The highest BCUT2D eigenvalue weighted by atomic mass is 19.1. The van der Waals surface area contributed by atoms with E-state index in [0.717, 1.165) is 0 Å². The summed E-state index contributed by atoms with van der Waals surface area (Å²) < 4.78 is 23.7. The molecule has 2 aromatic carbocycles. The molecule has 0 radical (unpaired) electrons. The number of hydrogen-bond acceptors (Lipinski definition) is 4. The molecule has 2 N–H and O–H groups in total. The lowest BCUT2D eigenvalue weighted by Gasteiger charge is -2.10. The number of anilines is 1. The maximum Gasteiger partial charge on any atom is 0.313 e. The third-order valence-corrected chi connectivity index (χ3v) is 3.49. The fraction of sp³-hybridized carbons (Fsp3) is 0.222. The van der Waals surface area contributed by atoms with Gasteiger partial charge in [0.25, 0.3) is 0 Å². The van der Waals surface area contributed by atoms with Gasteiger partial charge in [-0.2, -0.15) is 0 Å². The molecular formula is C18H19FN2O4. The van der Waals surface area contributed by atoms with E-state index >= 15 is 0 Å². The quantitative estimate of drug-likeness (QED) is 0.786. The SMILES string of the molecule is COc1ccc(NC(=O)C(=O)NCCc2ccccc2F)cc1OC. The van der Waals surface area contributed by atoms with Gasteiger partial charge in [-0.15, -0.1) is 0 Å². The van der Waals surface area contributed by atoms with Gasteiger partial charge in [0.1, 0.15) is 5.82 Å². The summed E-state index contributed by atoms with van der Waals surface area (Å²) in [5, 5.41) is 4.92. The molecule has 6 nitrogen and oxygen atoms in total. The Balaban J connectivity index is 1.88. The third-order valence-electron chi connectivity index (χ3n) is 3.49. The summed E-state index contributed by atoms with van der Waals surface area (Å²) >= 11 is 0. The molecule has 2 rings (SSSR count). The molecule has 0 spiro atoms. The lowest BCUT2D eigenvalue weighted by molar-refractivity contribution is -0.136. The van der Waals surface area contributed by atoms with Crippen molar-refractivity contribution in [2.75, 3.05) is 26.1 Å². The Morgan fingerprint density at radius 3 is 2.40 bits per heavy atom. The lowest BCUT2D eigenvalue weighted by atomic mass is 10.1. The number of benzene rings is 2. The average Bonchev–Trinajstić information content (AvgIpc) is 2.63. The van der Waals surface area contributed by atoms with Gasteiger partial charge in [-0.1, -0.05) is 18.2 Å². The zero-order chi connectivity index (χ0) is 18.2. The number of carbonyl (C=O) groups is 2. The van der Waals surface area contributed by atoms with Crippen LogP contribution in [0.3, 0.4) is 0 Å². The first-order valence-corrected chi connectivity index (χ1v) is 7.59. The molecule has 0 aliphatic heterocycles. The van der Waals surface area contributed by atoms with Crippen LogP contribution >= 0.6 is 0 Å². The zero-order valence-electron chi connectivity index (χ0n) is 14.0. The Hall–Kier alpha value is -3.09. The first-order chi connectivity index (χ1) is 12.0. The molecule has 0 unspecified atom stereocenters. The van der Waals surface area contributed by atoms with E-state index in [2.05, 4.69) is 10.6 Å². The van der Waals surface area contributed by atoms with Crippen LogP contribution in [-0.2, 0) is 16.0 Å². The van der Waals surface area contributed by atoms with Crippen molar-refractivity contribution in [3.8, 4) is 11.5 Å². The Kier molecular flexibility index (Phi) is 6.33. The Labute approximate surface area is 144 Å². The molecule has 0 aromatic heterocycles. The minimum Gasteiger partial charge on any atom is -0.493 e. The molecule has 2 aromatic rings. The monoisotopic (exact) mass is 346 g/mol. The second kappa shape index (κ2) is 8.68. The molecule has 0 fully saturated rings. The number of halogens is 1. The van der Waals surface area contributed by atoms with Crippen molar-refractivity contribution >= 4 is 17.5 Å². The highest BCUT2D eigenvalue weighted by Gasteiger charge is 2.14. The molecule has 0 saturated carbocycles. The summed E-state index contributed by atoms with van der Waals surface area (Å²) in [4.78, 5) is 23.7. The van der Waals surface area contributed by atoms with Crippen LogP contribution in [0.2, 0.25) is 0 Å². The van der Waals surface area contributed by atoms with Crippen LogP contribution in [-0.4, -0.2) is 32.6 Å². The fourth-order valence-corrected chi connectivity index (χ4v) is 2.19. The zero-order valence-corrected chi connectivity index (χ0v) is 14.0. The molecule has 2 amide bonds. The number of ether oxygens (including phenoxy) is 2. The summed E-state index contributed by atoms with van der Waals surface area (Å²) in [6.07, 6.45) is 0.294. The van der Waals surface area contributed by atoms with Gasteiger partial charge < -0.3 is 20.1 Å². The second-order valence-electron chi connectivity index (χ2n) is 5.12. The molecule has 0 atom stereocenters. The standard InChI is InChI=1S/C18H19FN2O4/c1-24-15-8-7-13(11-16(15)25-2)21-18(23)17(22)20-10-9-12-5-3-4-6-14(12)19/h3-8,11H,9-10H2,1-2H3,(H,20,22)(H,21,23). The van der Waals surface area contributed by atoms with Gasteiger partial charge in [-0.25, -0.2) is 4.39 Å². The van der Waals surface area contributed by atoms with Crippen LogP contribution in [0, 0.1) is 5.82 Å². The molecule has 0 saturated heterocycles. The number of hydrogen-bond donors (Lipinski definition) is 2. The van der Waals surface area contributed by atoms with Gasteiger partial charge in [-0.3, -0.25) is 9.59 Å². The second-order valence-corrected chi connectivity index (χ2v) is 5.12. The van der Waals surface area contributed by atoms with Crippen LogP contribution in [0.15, 0.2) is 42.5 Å². The minimum absolute atomic E-state index is 0.152. The van der Waals surface area contributed by atoms with E-state index in [0.29, 0.717) is 29.2 Å². The predicted molar refractivity (Wildman–Crippen MR) is 91.3 cm³/mol. The van der Waals surface area contributed by atoms with Crippen LogP contribution in [0.4, 0.5) is 10.1 Å². The molecule has 0 aliphatic carbocycles. The summed E-state index contributed by atoms with van der Waals surface area (Å²) in [7, 11) is 2.97. The van der Waals surface area contributed by atoms with Gasteiger partial charge >= 0.3 is 11.8 Å². The smallest absolute Gasteiger partial charge is 0.313 e. The minimum atomic E-state index is -0.819. The molecule has 0 bridgehead atoms. The molecule has 132 valence electrons. The predicted octanol–water partition coefficient (Wildman–Crippen LogP) is 2.14. The van der Waals surface area contributed by atoms with E-state index in [9.17, 15) is 14.0 Å². The van der Waals surface area contributed by atoms with Gasteiger partial charge in [0.2, 0.25) is 0 Å². The Bertz CT molecular complexity index is 764. The van der Waals surface area contributed by atoms with E-state index in [1.807, 2.05) is 0 Å². The summed E-state index contributed by atoms with van der Waals surface area (Å²) in [5.74, 6) is -1.02. The molecule has 7 heteroatoms. The van der Waals surface area contributed by atoms with Crippen molar-refractivity contribution in [2.45, 2.75) is 6.42 Å². The van der Waals surface area contributed by atoms with Crippen molar-refractivity contribution in [1.82, 2.24) is 5.32 Å². The molecule has 0 aliphatic rings. The van der Waals surface area contributed by atoms with E-state index in [-0.39, 0.29) is 12.4 Å². The molecule has 0 heterocycles. The Morgan fingerprint density at radius 2 is 1.72 bits per heavy atom. The van der Waals surface area contributed by atoms with Crippen LogP contribution in [0.5, 0.6) is 11.5 Å². The largest absolute Gasteiger partial charge is 0.493 e. The van der Waals surface area contributed by atoms with Crippen molar-refractivity contribution < 1.29 is 23.5 Å². The topological polar surface area (TPSA) is 76.7 Å². The fourth-order valence-electron chi connectivity index (χ4n) is 2.19. The lowest BCUT2D eigenvalue weighted by Crippen LogP contribution is -2.36. The average molecular weight is 346 g/mol. The number of amides is 2. The van der Waals surface area contributed by atoms with E-state index in [1.54, 1.807) is 36.4 Å². The number of methoxy groups -OCH3 is 2.